The molecule has 0 radical (unpaired) electrons. The summed E-state index contributed by atoms with van der Waals surface area (Å²) in [4.78, 5) is 22.0. The molecule has 0 fully saturated rings. The Morgan fingerprint density at radius 1 is 1.62 bits per heavy atom. The monoisotopic (exact) mass is 181 g/mol. The van der Waals surface area contributed by atoms with Crippen LogP contribution < -0.4 is 5.56 Å². The van der Waals surface area contributed by atoms with Crippen molar-refractivity contribution in [2.45, 2.75) is 6.42 Å². The zero-order valence-corrected chi connectivity index (χ0v) is 7.61. The number of ether oxygens (including phenoxy) is 1. The number of pyridine rings is 1. The molecule has 1 aromatic heterocycles. The van der Waals surface area contributed by atoms with Crippen LogP contribution in [0.2, 0.25) is 0 Å². The first-order valence-corrected chi connectivity index (χ1v) is 3.86. The van der Waals surface area contributed by atoms with Gasteiger partial charge in [-0.3, -0.25) is 9.59 Å². The summed E-state index contributed by atoms with van der Waals surface area (Å²) in [6.45, 7) is 0. The Balaban J connectivity index is 2.86. The number of aryl methyl sites for hydroxylation is 1. The molecule has 0 amide bonds. The lowest BCUT2D eigenvalue weighted by Crippen LogP contribution is -2.16. The van der Waals surface area contributed by atoms with Crippen molar-refractivity contribution in [3.63, 3.8) is 0 Å². The van der Waals surface area contributed by atoms with Crippen molar-refractivity contribution in [2.24, 2.45) is 7.05 Å². The lowest BCUT2D eigenvalue weighted by Gasteiger charge is -2.00. The number of esters is 1. The Morgan fingerprint density at radius 2 is 2.31 bits per heavy atom. The number of hydrogen-bond acceptors (Lipinski definition) is 3. The van der Waals surface area contributed by atoms with E-state index in [1.54, 1.807) is 19.3 Å². The summed E-state index contributed by atoms with van der Waals surface area (Å²) in [7, 11) is 2.98. The smallest absolute Gasteiger partial charge is 0.309 e. The van der Waals surface area contributed by atoms with Crippen molar-refractivity contribution >= 4 is 5.97 Å². The molecule has 0 aromatic carbocycles. The first kappa shape index (κ1) is 9.51. The third-order valence-electron chi connectivity index (χ3n) is 1.74. The zero-order valence-electron chi connectivity index (χ0n) is 7.61. The second-order valence-corrected chi connectivity index (χ2v) is 2.74. The van der Waals surface area contributed by atoms with Crippen molar-refractivity contribution in [2.75, 3.05) is 7.11 Å². The Bertz CT molecular complexity index is 367. The van der Waals surface area contributed by atoms with Crippen molar-refractivity contribution in [1.29, 1.82) is 0 Å². The van der Waals surface area contributed by atoms with Crippen molar-refractivity contribution in [3.05, 3.63) is 34.2 Å². The molecule has 13 heavy (non-hydrogen) atoms. The van der Waals surface area contributed by atoms with E-state index in [0.29, 0.717) is 5.56 Å². The second kappa shape index (κ2) is 3.89. The van der Waals surface area contributed by atoms with E-state index in [9.17, 15) is 9.59 Å². The summed E-state index contributed by atoms with van der Waals surface area (Å²) in [5, 5.41) is 0. The summed E-state index contributed by atoms with van der Waals surface area (Å²) in [6, 6.07) is 3.15. The summed E-state index contributed by atoms with van der Waals surface area (Å²) in [5.74, 6) is -0.340. The number of aromatic nitrogens is 1. The Morgan fingerprint density at radius 3 is 2.85 bits per heavy atom. The molecule has 0 atom stereocenters. The van der Waals surface area contributed by atoms with Crippen LogP contribution in [0, 0.1) is 0 Å². The Kier molecular flexibility index (Phi) is 2.84. The molecule has 0 unspecified atom stereocenters. The average Bonchev–Trinajstić information content (AvgIpc) is 2.11. The van der Waals surface area contributed by atoms with Crippen molar-refractivity contribution < 1.29 is 9.53 Å². The second-order valence-electron chi connectivity index (χ2n) is 2.74. The molecule has 70 valence electrons. The molecular weight excluding hydrogens is 170 g/mol. The summed E-state index contributed by atoms with van der Waals surface area (Å²) < 4.78 is 5.92. The summed E-state index contributed by atoms with van der Waals surface area (Å²) in [6.07, 6.45) is 1.77. The van der Waals surface area contributed by atoms with Gasteiger partial charge in [-0.15, -0.1) is 0 Å². The van der Waals surface area contributed by atoms with Crippen molar-refractivity contribution in [3.8, 4) is 0 Å². The highest BCUT2D eigenvalue weighted by Gasteiger charge is 2.02. The maximum Gasteiger partial charge on any atom is 0.309 e. The molecule has 0 aliphatic rings. The van der Waals surface area contributed by atoms with Crippen LogP contribution in [-0.4, -0.2) is 17.6 Å². The van der Waals surface area contributed by atoms with E-state index < -0.39 is 0 Å². The van der Waals surface area contributed by atoms with Crippen LogP contribution in [0.4, 0.5) is 0 Å². The molecule has 1 rings (SSSR count). The van der Waals surface area contributed by atoms with Gasteiger partial charge < -0.3 is 9.30 Å². The minimum atomic E-state index is -0.340. The van der Waals surface area contributed by atoms with Crippen LogP contribution in [0.3, 0.4) is 0 Å². The van der Waals surface area contributed by atoms with Gasteiger partial charge >= 0.3 is 5.97 Å². The number of carbonyl (C=O) groups excluding carboxylic acids is 1. The van der Waals surface area contributed by atoms with Crippen LogP contribution >= 0.6 is 0 Å². The summed E-state index contributed by atoms with van der Waals surface area (Å²) in [5.41, 5.74) is 0.552. The molecule has 0 bridgehead atoms. The molecule has 0 aliphatic carbocycles. The number of nitrogens with zero attached hydrogens (tertiary/aromatic N) is 1. The van der Waals surface area contributed by atoms with Crippen LogP contribution in [-0.2, 0) is 23.0 Å². The first-order chi connectivity index (χ1) is 6.13. The average molecular weight is 181 g/mol. The van der Waals surface area contributed by atoms with E-state index >= 15 is 0 Å². The molecule has 0 spiro atoms. The lowest BCUT2D eigenvalue weighted by molar-refractivity contribution is -0.139. The molecule has 0 N–H and O–H groups in total. The third-order valence-corrected chi connectivity index (χ3v) is 1.74. The molecule has 4 nitrogen and oxygen atoms in total. The predicted octanol–water partition coefficient (Wildman–Crippen LogP) is 0.101. The fourth-order valence-electron chi connectivity index (χ4n) is 0.938. The molecule has 0 saturated heterocycles. The topological polar surface area (TPSA) is 48.3 Å². The Labute approximate surface area is 75.8 Å². The van der Waals surface area contributed by atoms with Gasteiger partial charge in [-0.25, -0.2) is 0 Å². The molecule has 0 saturated carbocycles. The maximum atomic E-state index is 11.1. The first-order valence-electron chi connectivity index (χ1n) is 3.86. The fourth-order valence-corrected chi connectivity index (χ4v) is 0.938. The predicted molar refractivity (Wildman–Crippen MR) is 47.4 cm³/mol. The Hall–Kier alpha value is -1.58. The number of methoxy groups -OCH3 is 1. The highest BCUT2D eigenvalue weighted by Crippen LogP contribution is 1.96. The van der Waals surface area contributed by atoms with Crippen LogP contribution in [0.5, 0.6) is 0 Å². The van der Waals surface area contributed by atoms with E-state index in [2.05, 4.69) is 4.74 Å². The SMILES string of the molecule is COC(=O)Cc1ccn(C)c(=O)c1. The maximum absolute atomic E-state index is 11.1. The quantitative estimate of drug-likeness (QED) is 0.608. The van der Waals surface area contributed by atoms with E-state index in [1.165, 1.54) is 17.7 Å². The van der Waals surface area contributed by atoms with Crippen molar-refractivity contribution in [1.82, 2.24) is 4.57 Å². The van der Waals surface area contributed by atoms with Crippen LogP contribution in [0.15, 0.2) is 23.1 Å². The van der Waals surface area contributed by atoms with Gasteiger partial charge in [0.15, 0.2) is 0 Å². The van der Waals surface area contributed by atoms with Crippen LogP contribution in [0.25, 0.3) is 0 Å². The summed E-state index contributed by atoms with van der Waals surface area (Å²) >= 11 is 0. The fraction of sp³-hybridized carbons (Fsp3) is 0.333. The highest BCUT2D eigenvalue weighted by atomic mass is 16.5. The molecule has 1 heterocycles. The minimum absolute atomic E-state index is 0.124. The van der Waals surface area contributed by atoms with Gasteiger partial charge in [0.25, 0.3) is 5.56 Å². The van der Waals surface area contributed by atoms with Gasteiger partial charge in [0.2, 0.25) is 0 Å². The van der Waals surface area contributed by atoms with E-state index in [-0.39, 0.29) is 17.9 Å². The molecule has 1 aromatic rings. The van der Waals surface area contributed by atoms with Crippen LogP contribution in [0.1, 0.15) is 5.56 Å². The number of rotatable bonds is 2. The van der Waals surface area contributed by atoms with Gasteiger partial charge in [0.1, 0.15) is 0 Å². The molecule has 0 aliphatic heterocycles. The van der Waals surface area contributed by atoms with E-state index in [4.69, 9.17) is 0 Å². The van der Waals surface area contributed by atoms with Gasteiger partial charge in [-0.2, -0.15) is 0 Å². The van der Waals surface area contributed by atoms with E-state index in [0.717, 1.165) is 0 Å². The number of hydrogen-bond donors (Lipinski definition) is 0. The van der Waals surface area contributed by atoms with Gasteiger partial charge in [-0.1, -0.05) is 0 Å². The highest BCUT2D eigenvalue weighted by molar-refractivity contribution is 5.72. The van der Waals surface area contributed by atoms with Gasteiger partial charge in [0, 0.05) is 19.3 Å². The van der Waals surface area contributed by atoms with Gasteiger partial charge in [0.05, 0.1) is 13.5 Å². The van der Waals surface area contributed by atoms with E-state index in [1.807, 2.05) is 0 Å². The van der Waals surface area contributed by atoms with Gasteiger partial charge in [-0.05, 0) is 11.6 Å². The normalized spacial score (nSPS) is 9.69. The molecule has 4 heteroatoms. The standard InChI is InChI=1S/C9H11NO3/c1-10-4-3-7(5-8(10)11)6-9(12)13-2/h3-5H,6H2,1-2H3. The zero-order chi connectivity index (χ0) is 9.84. The number of carbonyl (C=O) groups is 1. The minimum Gasteiger partial charge on any atom is -0.469 e. The lowest BCUT2D eigenvalue weighted by atomic mass is 10.2. The molecular formula is C9H11NO3. The largest absolute Gasteiger partial charge is 0.469 e. The third kappa shape index (κ3) is 2.43.